The molecule has 0 saturated carbocycles. The van der Waals surface area contributed by atoms with Crippen molar-refractivity contribution in [3.05, 3.63) is 60.2 Å². The van der Waals surface area contributed by atoms with Crippen molar-refractivity contribution in [2.45, 2.75) is 18.8 Å². The van der Waals surface area contributed by atoms with Crippen LogP contribution in [0.2, 0.25) is 0 Å². The van der Waals surface area contributed by atoms with Crippen LogP contribution < -0.4 is 4.74 Å². The van der Waals surface area contributed by atoms with Gasteiger partial charge >= 0.3 is 0 Å². The molecule has 110 valence electrons. The lowest BCUT2D eigenvalue weighted by atomic mass is 10.2. The van der Waals surface area contributed by atoms with E-state index in [1.807, 2.05) is 54.6 Å². The van der Waals surface area contributed by atoms with Crippen molar-refractivity contribution < 1.29 is 19.1 Å². The number of carbonyl (C=O) groups is 2. The van der Waals surface area contributed by atoms with Crippen LogP contribution in [0.15, 0.2) is 54.6 Å². The minimum absolute atomic E-state index is 0.236. The molecule has 0 bridgehead atoms. The number of amides is 2. The zero-order valence-corrected chi connectivity index (χ0v) is 11.6. The Balaban J connectivity index is 1.44. The number of ether oxygens (including phenoxy) is 2. The number of hydrogen-bond donors (Lipinski definition) is 0. The van der Waals surface area contributed by atoms with E-state index < -0.39 is 12.2 Å². The number of benzene rings is 2. The number of epoxide rings is 1. The summed E-state index contributed by atoms with van der Waals surface area (Å²) in [5, 5.41) is 0. The predicted molar refractivity (Wildman–Crippen MR) is 77.2 cm³/mol. The van der Waals surface area contributed by atoms with Gasteiger partial charge in [-0.1, -0.05) is 30.3 Å². The van der Waals surface area contributed by atoms with Crippen LogP contribution in [0.5, 0.6) is 11.5 Å². The first-order valence-corrected chi connectivity index (χ1v) is 7.05. The van der Waals surface area contributed by atoms with Crippen molar-refractivity contribution in [2.24, 2.45) is 0 Å². The summed E-state index contributed by atoms with van der Waals surface area (Å²) >= 11 is 0. The predicted octanol–water partition coefficient (Wildman–Crippen LogP) is 2.12. The lowest BCUT2D eigenvalue weighted by Gasteiger charge is -2.16. The van der Waals surface area contributed by atoms with Crippen LogP contribution in [0.1, 0.15) is 5.56 Å². The van der Waals surface area contributed by atoms with Gasteiger partial charge in [-0.15, -0.1) is 0 Å². The summed E-state index contributed by atoms with van der Waals surface area (Å²) in [6.45, 7) is 0.277. The molecule has 22 heavy (non-hydrogen) atoms. The van der Waals surface area contributed by atoms with E-state index in [4.69, 9.17) is 9.47 Å². The van der Waals surface area contributed by atoms with E-state index in [0.29, 0.717) is 5.75 Å². The van der Waals surface area contributed by atoms with E-state index in [-0.39, 0.29) is 18.4 Å². The van der Waals surface area contributed by atoms with Crippen LogP contribution in [0, 0.1) is 0 Å². The van der Waals surface area contributed by atoms with E-state index in [0.717, 1.165) is 11.3 Å². The van der Waals surface area contributed by atoms with Gasteiger partial charge in [-0.25, -0.2) is 0 Å². The third kappa shape index (κ3) is 2.25. The zero-order chi connectivity index (χ0) is 15.1. The topological polar surface area (TPSA) is 59.1 Å². The zero-order valence-electron chi connectivity index (χ0n) is 11.6. The second-order valence-corrected chi connectivity index (χ2v) is 5.30. The molecule has 2 fully saturated rings. The second-order valence-electron chi connectivity index (χ2n) is 5.30. The van der Waals surface area contributed by atoms with Crippen molar-refractivity contribution in [1.82, 2.24) is 4.90 Å². The summed E-state index contributed by atoms with van der Waals surface area (Å²) in [5.74, 6) is 0.997. The molecule has 2 aliphatic heterocycles. The number of rotatable bonds is 4. The van der Waals surface area contributed by atoms with Crippen LogP contribution in [-0.4, -0.2) is 28.9 Å². The maximum Gasteiger partial charge on any atom is 0.262 e. The fourth-order valence-electron chi connectivity index (χ4n) is 2.53. The normalized spacial score (nSPS) is 22.6. The first kappa shape index (κ1) is 13.0. The fourth-order valence-corrected chi connectivity index (χ4v) is 2.53. The van der Waals surface area contributed by atoms with Crippen molar-refractivity contribution in [2.75, 3.05) is 0 Å². The lowest BCUT2D eigenvalue weighted by molar-refractivity contribution is -0.145. The standard InChI is InChI=1S/C17H13NO4/c19-16-14-15(22-14)17(20)18(16)10-11-6-8-13(9-7-11)21-12-4-2-1-3-5-12/h1-9,14-15H,10H2. The second kappa shape index (κ2) is 4.96. The molecule has 2 aromatic carbocycles. The number of para-hydroxylation sites is 1. The van der Waals surface area contributed by atoms with Gasteiger partial charge in [-0.2, -0.15) is 0 Å². The van der Waals surface area contributed by atoms with Gasteiger partial charge in [0, 0.05) is 0 Å². The molecule has 2 unspecified atom stereocenters. The van der Waals surface area contributed by atoms with E-state index in [2.05, 4.69) is 0 Å². The molecule has 0 spiro atoms. The Hall–Kier alpha value is -2.66. The highest BCUT2D eigenvalue weighted by molar-refractivity contribution is 6.11. The number of nitrogens with zero attached hydrogens (tertiary/aromatic N) is 1. The third-order valence-corrected chi connectivity index (χ3v) is 3.75. The Morgan fingerprint density at radius 1 is 0.864 bits per heavy atom. The molecule has 5 heteroatoms. The lowest BCUT2D eigenvalue weighted by Crippen LogP contribution is -2.34. The minimum atomic E-state index is -0.534. The van der Waals surface area contributed by atoms with Gasteiger partial charge in [0.05, 0.1) is 6.54 Å². The third-order valence-electron chi connectivity index (χ3n) is 3.75. The molecule has 2 saturated heterocycles. The largest absolute Gasteiger partial charge is 0.457 e. The molecule has 0 aromatic heterocycles. The van der Waals surface area contributed by atoms with Gasteiger partial charge < -0.3 is 9.47 Å². The Kier molecular flexibility index (Phi) is 2.94. The van der Waals surface area contributed by atoms with E-state index in [9.17, 15) is 9.59 Å². The summed E-state index contributed by atoms with van der Waals surface area (Å²) in [6, 6.07) is 16.8. The molecule has 2 atom stereocenters. The first-order chi connectivity index (χ1) is 10.7. The molecule has 2 heterocycles. The molecule has 0 radical (unpaired) electrons. The summed E-state index contributed by atoms with van der Waals surface area (Å²) < 4.78 is 10.7. The molecular formula is C17H13NO4. The quantitative estimate of drug-likeness (QED) is 0.640. The maximum absolute atomic E-state index is 11.8. The SMILES string of the molecule is O=C1C2OC2C(=O)N1Cc1ccc(Oc2ccccc2)cc1. The van der Waals surface area contributed by atoms with Crippen LogP contribution in [-0.2, 0) is 20.9 Å². The Bertz CT molecular complexity index is 706. The summed E-state index contributed by atoms with van der Waals surface area (Å²) in [4.78, 5) is 24.9. The first-order valence-electron chi connectivity index (χ1n) is 7.05. The van der Waals surface area contributed by atoms with E-state index in [1.54, 1.807) is 0 Å². The molecule has 5 nitrogen and oxygen atoms in total. The average molecular weight is 295 g/mol. The van der Waals surface area contributed by atoms with E-state index >= 15 is 0 Å². The molecule has 2 amide bonds. The molecule has 0 N–H and O–H groups in total. The van der Waals surface area contributed by atoms with Gasteiger partial charge in [0.15, 0.2) is 12.2 Å². The number of morpholine rings is 1. The smallest absolute Gasteiger partial charge is 0.262 e. The highest BCUT2D eigenvalue weighted by Gasteiger charge is 2.61. The number of carbonyl (C=O) groups excluding carboxylic acids is 2. The maximum atomic E-state index is 11.8. The molecule has 2 aromatic rings. The monoisotopic (exact) mass is 295 g/mol. The Morgan fingerprint density at radius 3 is 2.09 bits per heavy atom. The van der Waals surface area contributed by atoms with Gasteiger partial charge in [0.1, 0.15) is 11.5 Å². The van der Waals surface area contributed by atoms with Gasteiger partial charge in [0.25, 0.3) is 11.8 Å². The molecule has 0 aliphatic carbocycles. The minimum Gasteiger partial charge on any atom is -0.457 e. The highest BCUT2D eigenvalue weighted by atomic mass is 16.6. The van der Waals surface area contributed by atoms with Crippen LogP contribution in [0.4, 0.5) is 0 Å². The number of hydrogen-bond acceptors (Lipinski definition) is 4. The molecule has 4 rings (SSSR count). The number of likely N-dealkylation sites (tertiary alicyclic amines) is 1. The van der Waals surface area contributed by atoms with Crippen molar-refractivity contribution in [1.29, 1.82) is 0 Å². The van der Waals surface area contributed by atoms with Gasteiger partial charge in [0.2, 0.25) is 0 Å². The Morgan fingerprint density at radius 2 is 1.45 bits per heavy atom. The summed E-state index contributed by atoms with van der Waals surface area (Å²) in [5.41, 5.74) is 0.878. The summed E-state index contributed by atoms with van der Waals surface area (Å²) in [6.07, 6.45) is -1.07. The molecular weight excluding hydrogens is 282 g/mol. The summed E-state index contributed by atoms with van der Waals surface area (Å²) in [7, 11) is 0. The van der Waals surface area contributed by atoms with Crippen molar-refractivity contribution in [3.8, 4) is 11.5 Å². The van der Waals surface area contributed by atoms with Crippen LogP contribution in [0.25, 0.3) is 0 Å². The number of fused-ring (bicyclic) bond motifs is 1. The van der Waals surface area contributed by atoms with Crippen molar-refractivity contribution in [3.63, 3.8) is 0 Å². The Labute approximate surface area is 127 Å². The van der Waals surface area contributed by atoms with E-state index in [1.165, 1.54) is 4.90 Å². The van der Waals surface area contributed by atoms with Gasteiger partial charge in [-0.3, -0.25) is 14.5 Å². The highest BCUT2D eigenvalue weighted by Crippen LogP contribution is 2.34. The average Bonchev–Trinajstić information content (AvgIpc) is 3.30. The van der Waals surface area contributed by atoms with Crippen molar-refractivity contribution >= 4 is 11.8 Å². The number of imide groups is 1. The fraction of sp³-hybridized carbons (Fsp3) is 0.176. The van der Waals surface area contributed by atoms with Crippen LogP contribution in [0.3, 0.4) is 0 Å². The molecule has 2 aliphatic rings. The van der Waals surface area contributed by atoms with Gasteiger partial charge in [-0.05, 0) is 29.8 Å². The van der Waals surface area contributed by atoms with Crippen LogP contribution >= 0.6 is 0 Å².